The van der Waals surface area contributed by atoms with Crippen LogP contribution >= 0.6 is 45.2 Å². The second-order valence-corrected chi connectivity index (χ2v) is 14.3. The van der Waals surface area contributed by atoms with Gasteiger partial charge in [-0.05, 0) is 107 Å². The maximum atomic E-state index is 15.9. The highest BCUT2D eigenvalue weighted by Crippen LogP contribution is 2.50. The first-order valence-corrected chi connectivity index (χ1v) is 15.7. The van der Waals surface area contributed by atoms with Crippen molar-refractivity contribution in [2.45, 2.75) is 35.9 Å². The highest BCUT2D eigenvalue weighted by Gasteiger charge is 2.55. The van der Waals surface area contributed by atoms with Crippen LogP contribution in [0.1, 0.15) is 24.8 Å². The Morgan fingerprint density at radius 3 is 1.85 bits per heavy atom. The Bertz CT molecular complexity index is 1530. The molecule has 0 amide bonds. The molecule has 0 saturated heterocycles. The fraction of sp³-hybridized carbons (Fsp3) is 0.308. The summed E-state index contributed by atoms with van der Waals surface area (Å²) in [5.41, 5.74) is -2.38. The predicted molar refractivity (Wildman–Crippen MR) is 160 cm³/mol. The normalized spacial score (nSPS) is 15.0. The van der Waals surface area contributed by atoms with E-state index in [2.05, 4.69) is 0 Å². The van der Waals surface area contributed by atoms with Gasteiger partial charge in [0.25, 0.3) is 0 Å². The van der Waals surface area contributed by atoms with Crippen LogP contribution in [0.4, 0.5) is 40.5 Å². The third-order valence-electron chi connectivity index (χ3n) is 6.67. The molecule has 4 rings (SSSR count). The van der Waals surface area contributed by atoms with Gasteiger partial charge in [-0.15, -0.1) is 0 Å². The van der Waals surface area contributed by atoms with E-state index in [9.17, 15) is 27.4 Å². The van der Waals surface area contributed by atoms with Gasteiger partial charge in [0.05, 0.1) is 30.3 Å². The minimum absolute atomic E-state index is 0.0592. The molecule has 1 atom stereocenters. The third kappa shape index (κ3) is 6.29. The number of ether oxygens (including phenoxy) is 1. The standard InChI is InChI=1S/C26H24F4I2N2O5S/c1-39-25-11-24(34(30)22-5-3-17(32)10-20(22)28)23(33(29)21-4-2-16(31)9-19(21)27)8-15(25)14-40(37,38)26(6-7-26)12-18(36)13-35/h2-5,8-11,18,35-36H,6-7,12-14H2,1H3/t18-/m1/s1. The molecule has 1 aliphatic rings. The first-order chi connectivity index (χ1) is 18.8. The molecule has 2 N–H and O–H groups in total. The second-order valence-electron chi connectivity index (χ2n) is 9.39. The molecule has 3 aromatic rings. The number of aliphatic hydroxyl groups is 2. The molecule has 14 heteroatoms. The minimum atomic E-state index is -3.99. The monoisotopic (exact) mass is 806 g/mol. The van der Waals surface area contributed by atoms with Crippen molar-refractivity contribution in [1.82, 2.24) is 0 Å². The first-order valence-electron chi connectivity index (χ1n) is 11.9. The maximum Gasteiger partial charge on any atom is 0.160 e. The number of anilines is 4. The smallest absolute Gasteiger partial charge is 0.160 e. The Labute approximate surface area is 255 Å². The van der Waals surface area contributed by atoms with Gasteiger partial charge in [-0.25, -0.2) is 17.2 Å². The number of hydrogen-bond acceptors (Lipinski definition) is 7. The summed E-state index contributed by atoms with van der Waals surface area (Å²) in [6.07, 6.45) is -0.918. The molecule has 0 radical (unpaired) electrons. The van der Waals surface area contributed by atoms with Gasteiger partial charge in [-0.1, -0.05) is 8.96 Å². The zero-order valence-corrected chi connectivity index (χ0v) is 26.1. The summed E-state index contributed by atoms with van der Waals surface area (Å²) in [5, 5.41) is 18.8. The Morgan fingerprint density at radius 2 is 1.43 bits per heavy atom. The molecule has 7 nitrogen and oxygen atoms in total. The number of nitrogens with zero attached hydrogens (tertiary/aromatic N) is 2. The second kappa shape index (κ2) is 12.1. The number of benzene rings is 3. The predicted octanol–water partition coefficient (Wildman–Crippen LogP) is 6.42. The van der Waals surface area contributed by atoms with Gasteiger partial charge >= 0.3 is 0 Å². The lowest BCUT2D eigenvalue weighted by molar-refractivity contribution is 0.0857. The van der Waals surface area contributed by atoms with Gasteiger partial charge in [-0.2, -0.15) is 10.2 Å². The molecule has 0 spiro atoms. The Hall–Kier alpha value is -1.89. The van der Waals surface area contributed by atoms with Crippen LogP contribution in [-0.4, -0.2) is 43.2 Å². The van der Waals surface area contributed by atoms with Gasteiger partial charge < -0.3 is 14.9 Å². The number of methoxy groups -OCH3 is 1. The SMILES string of the molecule is COc1cc(N(F)c2ccc(I)cc2F)c(N(F)c2ccc(I)cc2F)cc1CS(=O)(=O)C1(C[C@@H](O)CO)CC1. The highest BCUT2D eigenvalue weighted by molar-refractivity contribution is 14.1. The van der Waals surface area contributed by atoms with Crippen molar-refractivity contribution in [2.75, 3.05) is 24.0 Å². The summed E-state index contributed by atoms with van der Waals surface area (Å²) < 4.78 is 93.0. The number of sulfone groups is 1. The van der Waals surface area contributed by atoms with E-state index in [4.69, 9.17) is 4.74 Å². The molecular weight excluding hydrogens is 782 g/mol. The van der Waals surface area contributed by atoms with E-state index < -0.39 is 67.4 Å². The van der Waals surface area contributed by atoms with Crippen LogP contribution in [0.2, 0.25) is 0 Å². The molecule has 40 heavy (non-hydrogen) atoms. The van der Waals surface area contributed by atoms with E-state index in [1.54, 1.807) is 0 Å². The number of halogens is 6. The molecule has 0 bridgehead atoms. The van der Waals surface area contributed by atoms with Crippen LogP contribution in [-0.2, 0) is 15.6 Å². The Balaban J connectivity index is 1.86. The zero-order valence-electron chi connectivity index (χ0n) is 20.9. The first kappa shape index (κ1) is 31.1. The van der Waals surface area contributed by atoms with Crippen molar-refractivity contribution in [1.29, 1.82) is 0 Å². The van der Waals surface area contributed by atoms with Crippen molar-refractivity contribution < 1.29 is 41.1 Å². The average molecular weight is 806 g/mol. The number of rotatable bonds is 11. The van der Waals surface area contributed by atoms with E-state index in [1.165, 1.54) is 19.2 Å². The van der Waals surface area contributed by atoms with Gasteiger partial charge in [0.1, 0.15) is 28.5 Å². The summed E-state index contributed by atoms with van der Waals surface area (Å²) in [5.74, 6) is -2.72. The largest absolute Gasteiger partial charge is 0.496 e. The van der Waals surface area contributed by atoms with Gasteiger partial charge in [0, 0.05) is 18.8 Å². The molecule has 3 aromatic carbocycles. The quantitative estimate of drug-likeness (QED) is 0.132. The zero-order chi connectivity index (χ0) is 29.4. The molecule has 0 aliphatic heterocycles. The van der Waals surface area contributed by atoms with Crippen molar-refractivity contribution >= 4 is 77.8 Å². The van der Waals surface area contributed by atoms with Crippen LogP contribution in [0.15, 0.2) is 48.5 Å². The van der Waals surface area contributed by atoms with Crippen LogP contribution in [0.5, 0.6) is 5.75 Å². The summed E-state index contributed by atoms with van der Waals surface area (Å²) in [7, 11) is -2.79. The molecule has 0 unspecified atom stereocenters. The fourth-order valence-corrected chi connectivity index (χ4v) is 7.41. The molecule has 0 aromatic heterocycles. The van der Waals surface area contributed by atoms with Crippen LogP contribution in [0.25, 0.3) is 0 Å². The summed E-state index contributed by atoms with van der Waals surface area (Å²) in [6.45, 7) is -0.612. The van der Waals surface area contributed by atoms with Gasteiger partial charge in [0.15, 0.2) is 21.5 Å². The van der Waals surface area contributed by atoms with Crippen LogP contribution < -0.4 is 15.0 Å². The highest BCUT2D eigenvalue weighted by atomic mass is 127. The molecule has 1 fully saturated rings. The van der Waals surface area contributed by atoms with Crippen LogP contribution in [0, 0.1) is 18.8 Å². The maximum absolute atomic E-state index is 15.9. The molecule has 0 heterocycles. The molecule has 1 aliphatic carbocycles. The van der Waals surface area contributed by atoms with Crippen molar-refractivity contribution in [3.8, 4) is 5.75 Å². The lowest BCUT2D eigenvalue weighted by atomic mass is 10.1. The van der Waals surface area contributed by atoms with Crippen molar-refractivity contribution in [2.24, 2.45) is 0 Å². The van der Waals surface area contributed by atoms with Gasteiger partial charge in [0.2, 0.25) is 0 Å². The third-order valence-corrected chi connectivity index (χ3v) is 10.6. The topological polar surface area (TPSA) is 90.3 Å². The van der Waals surface area contributed by atoms with E-state index in [-0.39, 0.29) is 40.8 Å². The minimum Gasteiger partial charge on any atom is -0.496 e. The summed E-state index contributed by atoms with van der Waals surface area (Å²) in [4.78, 5) is 0. The number of aliphatic hydroxyl groups excluding tert-OH is 2. The van der Waals surface area contributed by atoms with E-state index in [0.29, 0.717) is 7.14 Å². The Kier molecular flexibility index (Phi) is 9.43. The average Bonchev–Trinajstić information content (AvgIpc) is 3.69. The van der Waals surface area contributed by atoms with Crippen molar-refractivity contribution in [3.63, 3.8) is 0 Å². The van der Waals surface area contributed by atoms with E-state index >= 15 is 8.96 Å². The lowest BCUT2D eigenvalue weighted by Gasteiger charge is -2.25. The fourth-order valence-electron chi connectivity index (χ4n) is 4.39. The lowest BCUT2D eigenvalue weighted by Crippen LogP contribution is -2.31. The number of hydrogen-bond donors (Lipinski definition) is 2. The van der Waals surface area contributed by atoms with E-state index in [0.717, 1.165) is 36.4 Å². The van der Waals surface area contributed by atoms with Crippen LogP contribution in [0.3, 0.4) is 0 Å². The molecule has 1 saturated carbocycles. The van der Waals surface area contributed by atoms with E-state index in [1.807, 2.05) is 45.2 Å². The molecular formula is C26H24F4I2N2O5S. The summed E-state index contributed by atoms with van der Waals surface area (Å²) >= 11 is 3.68. The molecule has 216 valence electrons. The van der Waals surface area contributed by atoms with Crippen molar-refractivity contribution in [3.05, 3.63) is 72.9 Å². The summed E-state index contributed by atoms with van der Waals surface area (Å²) in [6, 6.07) is 9.29. The Morgan fingerprint density at radius 1 is 0.925 bits per heavy atom. The van der Waals surface area contributed by atoms with Gasteiger partial charge in [-0.3, -0.25) is 0 Å².